The molecule has 0 aliphatic heterocycles. The van der Waals surface area contributed by atoms with Gasteiger partial charge in [0.15, 0.2) is 0 Å². The molecule has 0 spiro atoms. The van der Waals surface area contributed by atoms with E-state index in [-0.39, 0.29) is 12.2 Å². The molecule has 0 aromatic rings. The van der Waals surface area contributed by atoms with Crippen LogP contribution in [0.15, 0.2) is 65.9 Å². The van der Waals surface area contributed by atoms with Crippen LogP contribution in [0.2, 0.25) is 0 Å². The van der Waals surface area contributed by atoms with Gasteiger partial charge in [0.25, 0.3) is 0 Å². The van der Waals surface area contributed by atoms with Crippen LogP contribution in [-0.4, -0.2) is 12.3 Å². The highest BCUT2D eigenvalue weighted by Gasteiger charge is 2.25. The molecule has 0 amide bonds. The van der Waals surface area contributed by atoms with Crippen LogP contribution < -0.4 is 0 Å². The summed E-state index contributed by atoms with van der Waals surface area (Å²) in [5.41, 5.74) is 2.83. The molecule has 22 heavy (non-hydrogen) atoms. The minimum atomic E-state index is -4.31. The van der Waals surface area contributed by atoms with E-state index in [2.05, 4.69) is 5.73 Å². The van der Waals surface area contributed by atoms with E-state index in [0.29, 0.717) is 12.2 Å². The van der Waals surface area contributed by atoms with E-state index in [1.165, 1.54) is 19.1 Å². The van der Waals surface area contributed by atoms with Gasteiger partial charge in [-0.2, -0.15) is 13.2 Å². The zero-order chi connectivity index (χ0) is 16.4. The molecule has 0 radical (unpaired) electrons. The van der Waals surface area contributed by atoms with E-state index < -0.39 is 18.8 Å². The first kappa shape index (κ1) is 18.1. The van der Waals surface area contributed by atoms with Gasteiger partial charge in [-0.3, -0.25) is 0 Å². The molecular weight excluding hydrogens is 296 g/mol. The van der Waals surface area contributed by atoms with Crippen molar-refractivity contribution in [3.05, 3.63) is 65.9 Å². The minimum Gasteiger partial charge on any atom is -0.461 e. The molecule has 0 aromatic heterocycles. The Balaban J connectivity index is 2.80. The second kappa shape index (κ2) is 9.11. The smallest absolute Gasteiger partial charge is 0.392 e. The molecule has 1 atom stereocenters. The third-order valence-electron chi connectivity index (χ3n) is 2.54. The van der Waals surface area contributed by atoms with Gasteiger partial charge in [0.2, 0.25) is 0 Å². The molecule has 0 saturated heterocycles. The second-order valence-corrected chi connectivity index (χ2v) is 4.65. The molecule has 120 valence electrons. The average Bonchev–Trinajstić information content (AvgIpc) is 2.37. The first-order valence-electron chi connectivity index (χ1n) is 6.89. The average molecular weight is 314 g/mol. The van der Waals surface area contributed by atoms with E-state index in [9.17, 15) is 17.6 Å². The SMILES string of the molecule is CC(F)/C=C\C/C(=C\CC(F)(F)F)O/C1=C/C/C=C\C=C=C1. The summed E-state index contributed by atoms with van der Waals surface area (Å²) < 4.78 is 55.2. The highest BCUT2D eigenvalue weighted by Crippen LogP contribution is 2.23. The Morgan fingerprint density at radius 2 is 2.23 bits per heavy atom. The summed E-state index contributed by atoms with van der Waals surface area (Å²) >= 11 is 0. The van der Waals surface area contributed by atoms with Crippen molar-refractivity contribution in [3.63, 3.8) is 0 Å². The molecular formula is C17H18F4O. The Morgan fingerprint density at radius 3 is 2.91 bits per heavy atom. The van der Waals surface area contributed by atoms with Gasteiger partial charge < -0.3 is 4.74 Å². The van der Waals surface area contributed by atoms with Crippen molar-refractivity contribution in [2.75, 3.05) is 0 Å². The fourth-order valence-electron chi connectivity index (χ4n) is 1.57. The Morgan fingerprint density at radius 1 is 1.45 bits per heavy atom. The van der Waals surface area contributed by atoms with Crippen molar-refractivity contribution in [1.29, 1.82) is 0 Å². The lowest BCUT2D eigenvalue weighted by molar-refractivity contribution is -0.125. The summed E-state index contributed by atoms with van der Waals surface area (Å²) in [7, 11) is 0. The third-order valence-corrected chi connectivity index (χ3v) is 2.54. The lowest BCUT2D eigenvalue weighted by atomic mass is 10.2. The minimum absolute atomic E-state index is 0.0923. The van der Waals surface area contributed by atoms with Gasteiger partial charge in [0.05, 0.1) is 6.42 Å². The number of ether oxygens (including phenoxy) is 1. The summed E-state index contributed by atoms with van der Waals surface area (Å²) in [5.74, 6) is 0.541. The van der Waals surface area contributed by atoms with Gasteiger partial charge in [0, 0.05) is 12.5 Å². The Bertz CT molecular complexity index is 527. The van der Waals surface area contributed by atoms with E-state index in [1.807, 2.05) is 12.2 Å². The maximum Gasteiger partial charge on any atom is 0.392 e. The fourth-order valence-corrected chi connectivity index (χ4v) is 1.57. The molecule has 0 aromatic carbocycles. The normalized spacial score (nSPS) is 21.1. The quantitative estimate of drug-likeness (QED) is 0.264. The molecule has 1 aliphatic carbocycles. The summed E-state index contributed by atoms with van der Waals surface area (Å²) in [6.45, 7) is 1.34. The molecule has 0 heterocycles. The number of hydrogen-bond acceptors (Lipinski definition) is 1. The van der Waals surface area contributed by atoms with E-state index >= 15 is 0 Å². The summed E-state index contributed by atoms with van der Waals surface area (Å²) in [6, 6.07) is 0. The van der Waals surface area contributed by atoms with Crippen molar-refractivity contribution in [2.45, 2.75) is 38.5 Å². The first-order chi connectivity index (χ1) is 10.4. The number of alkyl halides is 4. The number of allylic oxidation sites excluding steroid dienone is 7. The molecule has 0 bridgehead atoms. The van der Waals surface area contributed by atoms with Crippen molar-refractivity contribution in [3.8, 4) is 0 Å². The van der Waals surface area contributed by atoms with Gasteiger partial charge >= 0.3 is 6.18 Å². The van der Waals surface area contributed by atoms with Gasteiger partial charge in [-0.05, 0) is 31.6 Å². The van der Waals surface area contributed by atoms with Crippen LogP contribution in [0.1, 0.15) is 26.2 Å². The number of hydrogen-bond donors (Lipinski definition) is 0. The van der Waals surface area contributed by atoms with Gasteiger partial charge in [-0.15, -0.1) is 5.73 Å². The molecule has 5 heteroatoms. The van der Waals surface area contributed by atoms with Crippen LogP contribution in [-0.2, 0) is 4.74 Å². The summed E-state index contributed by atoms with van der Waals surface area (Å²) in [4.78, 5) is 0. The van der Waals surface area contributed by atoms with Crippen molar-refractivity contribution < 1.29 is 22.3 Å². The van der Waals surface area contributed by atoms with Crippen LogP contribution in [0.3, 0.4) is 0 Å². The van der Waals surface area contributed by atoms with Crippen LogP contribution in [0, 0.1) is 0 Å². The monoisotopic (exact) mass is 314 g/mol. The van der Waals surface area contributed by atoms with Crippen LogP contribution in [0.5, 0.6) is 0 Å². The van der Waals surface area contributed by atoms with Crippen molar-refractivity contribution >= 4 is 0 Å². The summed E-state index contributed by atoms with van der Waals surface area (Å²) in [6.07, 6.45) is 6.49. The topological polar surface area (TPSA) is 9.23 Å². The van der Waals surface area contributed by atoms with Crippen LogP contribution >= 0.6 is 0 Å². The van der Waals surface area contributed by atoms with Gasteiger partial charge in [-0.25, -0.2) is 4.39 Å². The molecule has 0 N–H and O–H groups in total. The molecule has 1 nitrogen and oxygen atoms in total. The highest BCUT2D eigenvalue weighted by molar-refractivity contribution is 5.21. The second-order valence-electron chi connectivity index (χ2n) is 4.65. The lowest BCUT2D eigenvalue weighted by Gasteiger charge is -2.11. The first-order valence-corrected chi connectivity index (χ1v) is 6.89. The standard InChI is InChI=1S/C17H18F4O/c1-14(18)8-7-11-16(12-13-17(19,20)21)22-15-9-5-3-2-4-6-10-15/h2-4,7-10,12,14H,5,11,13H2,1H3/b3-2-,8-7-,15-9+,16-12+. The van der Waals surface area contributed by atoms with Crippen molar-refractivity contribution in [2.24, 2.45) is 0 Å². The molecule has 1 rings (SSSR count). The highest BCUT2D eigenvalue weighted by atomic mass is 19.4. The van der Waals surface area contributed by atoms with Crippen LogP contribution in [0.25, 0.3) is 0 Å². The number of rotatable bonds is 6. The fraction of sp³-hybridized carbons (Fsp3) is 0.353. The van der Waals surface area contributed by atoms with E-state index in [4.69, 9.17) is 4.74 Å². The Hall–Kier alpha value is -2.00. The predicted molar refractivity (Wildman–Crippen MR) is 78.7 cm³/mol. The Kier molecular flexibility index (Phi) is 7.47. The largest absolute Gasteiger partial charge is 0.461 e. The lowest BCUT2D eigenvalue weighted by Crippen LogP contribution is -2.05. The number of halogens is 4. The molecule has 0 fully saturated rings. The molecule has 1 aliphatic rings. The molecule has 1 unspecified atom stereocenters. The van der Waals surface area contributed by atoms with Gasteiger partial charge in [-0.1, -0.05) is 24.3 Å². The predicted octanol–water partition coefficient (Wildman–Crippen LogP) is 5.70. The zero-order valence-corrected chi connectivity index (χ0v) is 12.2. The van der Waals surface area contributed by atoms with E-state index in [1.54, 1.807) is 18.2 Å². The van der Waals surface area contributed by atoms with Gasteiger partial charge in [0.1, 0.15) is 17.7 Å². The maximum absolute atomic E-state index is 12.7. The van der Waals surface area contributed by atoms with E-state index in [0.717, 1.165) is 6.08 Å². The maximum atomic E-state index is 12.7. The third kappa shape index (κ3) is 9.03. The zero-order valence-electron chi connectivity index (χ0n) is 12.2. The summed E-state index contributed by atoms with van der Waals surface area (Å²) in [5, 5.41) is 0. The van der Waals surface area contributed by atoms with Crippen LogP contribution in [0.4, 0.5) is 17.6 Å². The van der Waals surface area contributed by atoms with Crippen molar-refractivity contribution in [1.82, 2.24) is 0 Å². The Labute approximate surface area is 127 Å². The molecule has 0 saturated carbocycles.